The first-order chi connectivity index (χ1) is 8.45. The summed E-state index contributed by atoms with van der Waals surface area (Å²) in [5.74, 6) is -0.578. The molecule has 0 heterocycles. The van der Waals surface area contributed by atoms with Crippen LogP contribution in [-0.2, 0) is 9.63 Å². The third-order valence-corrected chi connectivity index (χ3v) is 2.79. The van der Waals surface area contributed by atoms with E-state index in [1.165, 1.54) is 14.2 Å². The van der Waals surface area contributed by atoms with Crippen LogP contribution in [0.15, 0.2) is 18.2 Å². The monoisotopic (exact) mass is 250 g/mol. The summed E-state index contributed by atoms with van der Waals surface area (Å²) in [5, 5.41) is 3.62. The molecule has 1 N–H and O–H groups in total. The van der Waals surface area contributed by atoms with E-state index in [4.69, 9.17) is 4.84 Å². The zero-order valence-corrected chi connectivity index (χ0v) is 11.1. The Morgan fingerprint density at radius 1 is 1.28 bits per heavy atom. The molecule has 0 aliphatic rings. The number of hydrogen-bond acceptors (Lipinski definition) is 3. The number of hydrogen-bond donors (Lipinski definition) is 1. The molecule has 1 aromatic carbocycles. The number of carbonyl (C=O) groups is 2. The van der Waals surface area contributed by atoms with Gasteiger partial charge in [-0.25, -0.2) is 5.06 Å². The highest BCUT2D eigenvalue weighted by Gasteiger charge is 2.11. The molecule has 5 nitrogen and oxygen atoms in total. The van der Waals surface area contributed by atoms with E-state index in [9.17, 15) is 9.59 Å². The van der Waals surface area contributed by atoms with Gasteiger partial charge in [0.05, 0.1) is 13.7 Å². The van der Waals surface area contributed by atoms with Gasteiger partial charge in [0, 0.05) is 12.6 Å². The van der Waals surface area contributed by atoms with Crippen molar-refractivity contribution in [1.82, 2.24) is 10.4 Å². The molecule has 0 bridgehead atoms. The molecular weight excluding hydrogens is 232 g/mol. The molecule has 0 aliphatic heterocycles. The molecule has 0 atom stereocenters. The highest BCUT2D eigenvalue weighted by atomic mass is 16.7. The third-order valence-electron chi connectivity index (χ3n) is 2.79. The maximum atomic E-state index is 11.8. The normalized spacial score (nSPS) is 10.0. The van der Waals surface area contributed by atoms with Crippen LogP contribution >= 0.6 is 0 Å². The Morgan fingerprint density at radius 2 is 1.94 bits per heavy atom. The van der Waals surface area contributed by atoms with Crippen LogP contribution in [-0.4, -0.2) is 37.6 Å². The molecule has 0 saturated heterocycles. The van der Waals surface area contributed by atoms with Gasteiger partial charge in [0.15, 0.2) is 0 Å². The van der Waals surface area contributed by atoms with Gasteiger partial charge >= 0.3 is 0 Å². The standard InChI is InChI=1S/C13H18N2O3/c1-9-5-6-11(7-10(9)2)13(17)14-8-12(16)15(3)18-4/h5-7H,8H2,1-4H3,(H,14,17). The lowest BCUT2D eigenvalue weighted by Gasteiger charge is -2.14. The SMILES string of the molecule is CON(C)C(=O)CNC(=O)c1ccc(C)c(C)c1. The fraction of sp³-hybridized carbons (Fsp3) is 0.385. The lowest BCUT2D eigenvalue weighted by molar-refractivity contribution is -0.167. The highest BCUT2D eigenvalue weighted by molar-refractivity contribution is 5.96. The average Bonchev–Trinajstić information content (AvgIpc) is 2.37. The molecule has 2 amide bonds. The van der Waals surface area contributed by atoms with Crippen molar-refractivity contribution in [3.05, 3.63) is 34.9 Å². The van der Waals surface area contributed by atoms with Crippen LogP contribution in [0.1, 0.15) is 21.5 Å². The van der Waals surface area contributed by atoms with Crippen LogP contribution in [0.4, 0.5) is 0 Å². The fourth-order valence-corrected chi connectivity index (χ4v) is 1.35. The summed E-state index contributed by atoms with van der Waals surface area (Å²) in [5.41, 5.74) is 2.72. The van der Waals surface area contributed by atoms with Crippen molar-refractivity contribution in [3.63, 3.8) is 0 Å². The van der Waals surface area contributed by atoms with E-state index in [0.29, 0.717) is 5.56 Å². The van der Waals surface area contributed by atoms with Gasteiger partial charge in [-0.1, -0.05) is 6.07 Å². The van der Waals surface area contributed by atoms with Gasteiger partial charge in [-0.3, -0.25) is 14.4 Å². The van der Waals surface area contributed by atoms with E-state index in [-0.39, 0.29) is 18.4 Å². The van der Waals surface area contributed by atoms with E-state index in [2.05, 4.69) is 5.32 Å². The first-order valence-corrected chi connectivity index (χ1v) is 5.62. The van der Waals surface area contributed by atoms with Crippen molar-refractivity contribution in [1.29, 1.82) is 0 Å². The number of nitrogens with one attached hydrogen (secondary N) is 1. The first-order valence-electron chi connectivity index (χ1n) is 5.62. The molecule has 0 fully saturated rings. The Kier molecular flexibility index (Phi) is 4.85. The number of nitrogens with zero attached hydrogens (tertiary/aromatic N) is 1. The van der Waals surface area contributed by atoms with Crippen LogP contribution in [0.2, 0.25) is 0 Å². The van der Waals surface area contributed by atoms with Gasteiger partial charge in [0.25, 0.3) is 11.8 Å². The number of aryl methyl sites for hydroxylation is 2. The molecule has 1 rings (SSSR count). The van der Waals surface area contributed by atoms with Crippen LogP contribution in [0.5, 0.6) is 0 Å². The Balaban J connectivity index is 2.60. The lowest BCUT2D eigenvalue weighted by atomic mass is 10.1. The number of hydroxylamine groups is 2. The summed E-state index contributed by atoms with van der Waals surface area (Å²) in [7, 11) is 2.88. The number of rotatable bonds is 4. The van der Waals surface area contributed by atoms with Crippen LogP contribution in [0, 0.1) is 13.8 Å². The van der Waals surface area contributed by atoms with E-state index >= 15 is 0 Å². The minimum absolute atomic E-state index is 0.0872. The van der Waals surface area contributed by atoms with E-state index < -0.39 is 0 Å². The highest BCUT2D eigenvalue weighted by Crippen LogP contribution is 2.09. The zero-order valence-electron chi connectivity index (χ0n) is 11.1. The van der Waals surface area contributed by atoms with Gasteiger partial charge in [0.2, 0.25) is 0 Å². The maximum absolute atomic E-state index is 11.8. The van der Waals surface area contributed by atoms with Gasteiger partial charge < -0.3 is 5.32 Å². The van der Waals surface area contributed by atoms with Crippen molar-refractivity contribution < 1.29 is 14.4 Å². The molecule has 98 valence electrons. The summed E-state index contributed by atoms with van der Waals surface area (Å²) in [4.78, 5) is 27.9. The van der Waals surface area contributed by atoms with Gasteiger partial charge in [-0.05, 0) is 37.1 Å². The molecule has 0 saturated carbocycles. The number of benzene rings is 1. The molecule has 0 aromatic heterocycles. The molecular formula is C13H18N2O3. The molecule has 1 aromatic rings. The summed E-state index contributed by atoms with van der Waals surface area (Å²) < 4.78 is 0. The minimum Gasteiger partial charge on any atom is -0.343 e. The molecule has 5 heteroatoms. The topological polar surface area (TPSA) is 58.6 Å². The summed E-state index contributed by atoms with van der Waals surface area (Å²) in [6.45, 7) is 3.83. The van der Waals surface area contributed by atoms with Crippen molar-refractivity contribution >= 4 is 11.8 Å². The number of likely N-dealkylation sites (N-methyl/N-ethyl adjacent to an activating group) is 1. The lowest BCUT2D eigenvalue weighted by Crippen LogP contribution is -2.37. The van der Waals surface area contributed by atoms with Crippen LogP contribution < -0.4 is 5.32 Å². The van der Waals surface area contributed by atoms with Crippen molar-refractivity contribution in [3.8, 4) is 0 Å². The number of amides is 2. The quantitative estimate of drug-likeness (QED) is 0.813. The van der Waals surface area contributed by atoms with E-state index in [1.54, 1.807) is 12.1 Å². The van der Waals surface area contributed by atoms with Gasteiger partial charge in [0.1, 0.15) is 0 Å². The third kappa shape index (κ3) is 3.56. The minimum atomic E-state index is -0.310. The first kappa shape index (κ1) is 14.2. The fourth-order valence-electron chi connectivity index (χ4n) is 1.35. The smallest absolute Gasteiger partial charge is 0.265 e. The van der Waals surface area contributed by atoms with Crippen molar-refractivity contribution in [2.45, 2.75) is 13.8 Å². The molecule has 0 unspecified atom stereocenters. The van der Waals surface area contributed by atoms with Crippen molar-refractivity contribution in [2.24, 2.45) is 0 Å². The number of carbonyl (C=O) groups excluding carboxylic acids is 2. The largest absolute Gasteiger partial charge is 0.343 e. The second-order valence-corrected chi connectivity index (χ2v) is 4.06. The molecule has 0 spiro atoms. The predicted octanol–water partition coefficient (Wildman–Crippen LogP) is 1.05. The second kappa shape index (κ2) is 6.16. The summed E-state index contributed by atoms with van der Waals surface area (Å²) in [6, 6.07) is 5.42. The Hall–Kier alpha value is -1.88. The zero-order chi connectivity index (χ0) is 13.7. The second-order valence-electron chi connectivity index (χ2n) is 4.06. The Labute approximate surface area is 107 Å². The van der Waals surface area contributed by atoms with Gasteiger partial charge in [-0.2, -0.15) is 0 Å². The predicted molar refractivity (Wildman–Crippen MR) is 68.0 cm³/mol. The molecule has 0 radical (unpaired) electrons. The van der Waals surface area contributed by atoms with E-state index in [1.807, 2.05) is 19.9 Å². The molecule has 18 heavy (non-hydrogen) atoms. The Bertz CT molecular complexity index is 458. The van der Waals surface area contributed by atoms with Gasteiger partial charge in [-0.15, -0.1) is 0 Å². The van der Waals surface area contributed by atoms with Crippen LogP contribution in [0.25, 0.3) is 0 Å². The summed E-state index contributed by atoms with van der Waals surface area (Å²) >= 11 is 0. The molecule has 0 aliphatic carbocycles. The van der Waals surface area contributed by atoms with Crippen molar-refractivity contribution in [2.75, 3.05) is 20.7 Å². The summed E-state index contributed by atoms with van der Waals surface area (Å²) in [6.07, 6.45) is 0. The van der Waals surface area contributed by atoms with Crippen LogP contribution in [0.3, 0.4) is 0 Å². The average molecular weight is 250 g/mol. The maximum Gasteiger partial charge on any atom is 0.265 e. The van der Waals surface area contributed by atoms with E-state index in [0.717, 1.165) is 16.2 Å². The Morgan fingerprint density at radius 3 is 2.50 bits per heavy atom.